The minimum absolute atomic E-state index is 0.0645. The number of hydrogen-bond donors (Lipinski definition) is 1. The Morgan fingerprint density at radius 3 is 2.52 bits per heavy atom. The van der Waals surface area contributed by atoms with Gasteiger partial charge in [-0.3, -0.25) is 0 Å². The molecule has 2 aromatic rings. The topological polar surface area (TPSA) is 55.8 Å². The van der Waals surface area contributed by atoms with Crippen molar-refractivity contribution in [2.24, 2.45) is 0 Å². The summed E-state index contributed by atoms with van der Waals surface area (Å²) in [4.78, 5) is 11.4. The van der Waals surface area contributed by atoms with Gasteiger partial charge in [-0.25, -0.2) is 4.79 Å². The van der Waals surface area contributed by atoms with Gasteiger partial charge in [-0.1, -0.05) is 23.4 Å². The van der Waals surface area contributed by atoms with E-state index in [0.29, 0.717) is 11.3 Å². The van der Waals surface area contributed by atoms with Crippen LogP contribution in [0.5, 0.6) is 11.5 Å². The summed E-state index contributed by atoms with van der Waals surface area (Å²) < 4.78 is 49.2. The molecule has 1 N–H and O–H groups in total. The second-order valence-corrected chi connectivity index (χ2v) is 6.62. The van der Waals surface area contributed by atoms with E-state index < -0.39 is 30.2 Å². The molecule has 0 aromatic heterocycles. The van der Waals surface area contributed by atoms with E-state index in [1.807, 2.05) is 0 Å². The molecule has 0 fully saturated rings. The van der Waals surface area contributed by atoms with E-state index in [4.69, 9.17) is 21.1 Å². The standard InChI is InChI=1S/C21H14ClF3O4/c1-28-16-6-3-12(4-7-16)2-5-13-8-15(22)9-14-10-17(20(26)27)18(29-19(13)14)11-21(23,24)25/h3-4,6-10,18H,11H2,1H3,(H,26,27). The van der Waals surface area contributed by atoms with Crippen LogP contribution in [0.2, 0.25) is 5.02 Å². The predicted octanol–water partition coefficient (Wildman–Crippen LogP) is 4.93. The van der Waals surface area contributed by atoms with Gasteiger partial charge < -0.3 is 14.6 Å². The Morgan fingerprint density at radius 1 is 1.24 bits per heavy atom. The summed E-state index contributed by atoms with van der Waals surface area (Å²) >= 11 is 6.08. The van der Waals surface area contributed by atoms with Gasteiger partial charge in [-0.15, -0.1) is 0 Å². The third-order valence-electron chi connectivity index (χ3n) is 4.10. The number of rotatable bonds is 3. The van der Waals surface area contributed by atoms with Crippen molar-refractivity contribution in [2.75, 3.05) is 7.11 Å². The van der Waals surface area contributed by atoms with Crippen LogP contribution in [0.1, 0.15) is 23.1 Å². The Bertz CT molecular complexity index is 1030. The number of carboxylic acids is 1. The maximum Gasteiger partial charge on any atom is 0.392 e. The Labute approximate surface area is 169 Å². The lowest BCUT2D eigenvalue weighted by Crippen LogP contribution is -2.32. The first-order valence-corrected chi connectivity index (χ1v) is 8.72. The van der Waals surface area contributed by atoms with Crippen molar-refractivity contribution in [3.8, 4) is 23.3 Å². The van der Waals surface area contributed by atoms with Crippen LogP contribution in [0.4, 0.5) is 13.2 Å². The van der Waals surface area contributed by atoms with Gasteiger partial charge in [0.1, 0.15) is 17.6 Å². The molecule has 0 saturated heterocycles. The summed E-state index contributed by atoms with van der Waals surface area (Å²) in [5.41, 5.74) is 0.665. The van der Waals surface area contributed by atoms with E-state index in [1.54, 1.807) is 24.3 Å². The van der Waals surface area contributed by atoms with Gasteiger partial charge in [-0.05, 0) is 42.5 Å². The van der Waals surface area contributed by atoms with Crippen molar-refractivity contribution < 1.29 is 32.5 Å². The number of methoxy groups -OCH3 is 1. The number of alkyl halides is 3. The lowest BCUT2D eigenvalue weighted by Gasteiger charge is -2.27. The molecule has 2 aromatic carbocycles. The smallest absolute Gasteiger partial charge is 0.392 e. The van der Waals surface area contributed by atoms with Crippen LogP contribution in [-0.2, 0) is 4.79 Å². The van der Waals surface area contributed by atoms with E-state index >= 15 is 0 Å². The summed E-state index contributed by atoms with van der Waals surface area (Å²) in [5.74, 6) is 4.95. The first kappa shape index (κ1) is 20.6. The van der Waals surface area contributed by atoms with Gasteiger partial charge in [0.2, 0.25) is 0 Å². The number of ether oxygens (including phenoxy) is 2. The lowest BCUT2D eigenvalue weighted by molar-refractivity contribution is -0.150. The average Bonchev–Trinajstić information content (AvgIpc) is 2.65. The van der Waals surface area contributed by atoms with E-state index in [-0.39, 0.29) is 21.9 Å². The fourth-order valence-corrected chi connectivity index (χ4v) is 3.01. The second kappa shape index (κ2) is 8.10. The molecule has 8 heteroatoms. The molecule has 0 saturated carbocycles. The maximum atomic E-state index is 12.9. The van der Waals surface area contributed by atoms with Crippen molar-refractivity contribution >= 4 is 23.6 Å². The molecule has 150 valence electrons. The molecule has 1 atom stereocenters. The molecule has 3 rings (SSSR count). The molecule has 1 aliphatic rings. The summed E-state index contributed by atoms with van der Waals surface area (Å²) in [6, 6.07) is 9.75. The molecule has 0 spiro atoms. The molecular weight excluding hydrogens is 409 g/mol. The van der Waals surface area contributed by atoms with Gasteiger partial charge in [-0.2, -0.15) is 13.2 Å². The quantitative estimate of drug-likeness (QED) is 0.713. The van der Waals surface area contributed by atoms with Gasteiger partial charge in [0, 0.05) is 16.1 Å². The number of halogens is 4. The number of fused-ring (bicyclic) bond motifs is 1. The first-order chi connectivity index (χ1) is 13.7. The monoisotopic (exact) mass is 422 g/mol. The summed E-state index contributed by atoms with van der Waals surface area (Å²) in [7, 11) is 1.53. The number of benzene rings is 2. The summed E-state index contributed by atoms with van der Waals surface area (Å²) in [6.07, 6.45) is -6.57. The molecule has 0 aliphatic carbocycles. The van der Waals surface area contributed by atoms with E-state index in [2.05, 4.69) is 11.8 Å². The van der Waals surface area contributed by atoms with Crippen molar-refractivity contribution in [2.45, 2.75) is 18.7 Å². The third-order valence-corrected chi connectivity index (χ3v) is 4.31. The van der Waals surface area contributed by atoms with E-state index in [1.165, 1.54) is 19.2 Å². The highest BCUT2D eigenvalue weighted by Gasteiger charge is 2.39. The highest BCUT2D eigenvalue weighted by atomic mass is 35.5. The van der Waals surface area contributed by atoms with E-state index in [9.17, 15) is 23.1 Å². The van der Waals surface area contributed by atoms with Crippen molar-refractivity contribution in [3.05, 3.63) is 63.7 Å². The molecule has 0 bridgehead atoms. The third kappa shape index (κ3) is 5.04. The lowest BCUT2D eigenvalue weighted by atomic mass is 9.97. The van der Waals surface area contributed by atoms with Crippen LogP contribution in [0.15, 0.2) is 42.0 Å². The molecule has 1 aliphatic heterocycles. The number of hydrogen-bond acceptors (Lipinski definition) is 3. The number of aliphatic carboxylic acids is 1. The zero-order chi connectivity index (χ0) is 21.2. The van der Waals surface area contributed by atoms with Gasteiger partial charge in [0.15, 0.2) is 0 Å². The predicted molar refractivity (Wildman–Crippen MR) is 101 cm³/mol. The SMILES string of the molecule is COc1ccc(C#Cc2cc(Cl)cc3c2OC(CC(F)(F)F)C(C(=O)O)=C3)cc1. The molecule has 29 heavy (non-hydrogen) atoms. The number of carboxylic acid groups (broad SMARTS) is 1. The Hall–Kier alpha value is -3.11. The van der Waals surface area contributed by atoms with Crippen LogP contribution in [0.3, 0.4) is 0 Å². The fraction of sp³-hybridized carbons (Fsp3) is 0.190. The largest absolute Gasteiger partial charge is 0.497 e. The van der Waals surface area contributed by atoms with Crippen LogP contribution >= 0.6 is 11.6 Å². The van der Waals surface area contributed by atoms with Crippen molar-refractivity contribution in [1.29, 1.82) is 0 Å². The minimum Gasteiger partial charge on any atom is -0.497 e. The Morgan fingerprint density at radius 2 is 1.93 bits per heavy atom. The fourth-order valence-electron chi connectivity index (χ4n) is 2.79. The molecule has 4 nitrogen and oxygen atoms in total. The normalized spacial score (nSPS) is 15.3. The Kier molecular flexibility index (Phi) is 5.76. The summed E-state index contributed by atoms with van der Waals surface area (Å²) in [5, 5.41) is 9.53. The van der Waals surface area contributed by atoms with Crippen LogP contribution < -0.4 is 9.47 Å². The van der Waals surface area contributed by atoms with Crippen LogP contribution in [-0.4, -0.2) is 30.5 Å². The average molecular weight is 423 g/mol. The highest BCUT2D eigenvalue weighted by Crippen LogP contribution is 2.38. The molecular formula is C21H14ClF3O4. The minimum atomic E-state index is -4.60. The first-order valence-electron chi connectivity index (χ1n) is 8.34. The summed E-state index contributed by atoms with van der Waals surface area (Å²) in [6.45, 7) is 0. The molecule has 1 heterocycles. The van der Waals surface area contributed by atoms with Crippen LogP contribution in [0.25, 0.3) is 6.08 Å². The number of carbonyl (C=O) groups is 1. The zero-order valence-electron chi connectivity index (χ0n) is 15.0. The highest BCUT2D eigenvalue weighted by molar-refractivity contribution is 6.31. The van der Waals surface area contributed by atoms with Gasteiger partial charge in [0.25, 0.3) is 0 Å². The molecule has 1 unspecified atom stereocenters. The van der Waals surface area contributed by atoms with Crippen molar-refractivity contribution in [1.82, 2.24) is 0 Å². The molecule has 0 radical (unpaired) electrons. The van der Waals surface area contributed by atoms with Gasteiger partial charge >= 0.3 is 12.1 Å². The second-order valence-electron chi connectivity index (χ2n) is 6.18. The maximum absolute atomic E-state index is 12.9. The van der Waals surface area contributed by atoms with Crippen molar-refractivity contribution in [3.63, 3.8) is 0 Å². The van der Waals surface area contributed by atoms with Crippen LogP contribution in [0, 0.1) is 11.8 Å². The van der Waals surface area contributed by atoms with Gasteiger partial charge in [0.05, 0.1) is 24.7 Å². The zero-order valence-corrected chi connectivity index (χ0v) is 15.8. The molecule has 0 amide bonds. The Balaban J connectivity index is 2.03. The van der Waals surface area contributed by atoms with E-state index in [0.717, 1.165) is 6.08 Å².